The van der Waals surface area contributed by atoms with Gasteiger partial charge in [-0.25, -0.2) is 4.79 Å². The number of anilines is 1. The predicted octanol–water partition coefficient (Wildman–Crippen LogP) is 2.04. The van der Waals surface area contributed by atoms with Crippen molar-refractivity contribution in [3.8, 4) is 0 Å². The van der Waals surface area contributed by atoms with Gasteiger partial charge in [0.25, 0.3) is 0 Å². The van der Waals surface area contributed by atoms with E-state index >= 15 is 0 Å². The third-order valence-electron chi connectivity index (χ3n) is 3.72. The molecule has 0 bridgehead atoms. The van der Waals surface area contributed by atoms with Crippen LogP contribution >= 0.6 is 0 Å². The lowest BCUT2D eigenvalue weighted by Crippen LogP contribution is -2.41. The number of carbonyl (C=O) groups excluding carboxylic acids is 1. The van der Waals surface area contributed by atoms with Gasteiger partial charge < -0.3 is 20.7 Å². The predicted molar refractivity (Wildman–Crippen MR) is 79.5 cm³/mol. The maximum atomic E-state index is 12.2. The van der Waals surface area contributed by atoms with E-state index in [1.807, 2.05) is 29.2 Å². The summed E-state index contributed by atoms with van der Waals surface area (Å²) in [6.45, 7) is 2.84. The third-order valence-corrected chi connectivity index (χ3v) is 3.72. The Morgan fingerprint density at radius 3 is 2.85 bits per heavy atom. The molecule has 1 heterocycles. The van der Waals surface area contributed by atoms with Gasteiger partial charge in [0.15, 0.2) is 0 Å². The largest absolute Gasteiger partial charge is 0.384 e. The molecule has 0 unspecified atom stereocenters. The zero-order valence-electron chi connectivity index (χ0n) is 12.0. The summed E-state index contributed by atoms with van der Waals surface area (Å²) in [6, 6.07) is 7.62. The van der Waals surface area contributed by atoms with Crippen molar-refractivity contribution in [1.82, 2.24) is 4.90 Å². The molecular weight excluding hydrogens is 254 g/mol. The van der Waals surface area contributed by atoms with Crippen molar-refractivity contribution in [2.45, 2.75) is 19.4 Å². The standard InChI is InChI=1S/C15H23N3O2/c1-20-11-12-5-7-18(8-6-12)15(19)17-14-4-2-3-13(9-14)10-16/h2-4,9,12H,5-8,10-11,16H2,1H3,(H,17,19). The number of nitrogens with two attached hydrogens (primary N) is 1. The quantitative estimate of drug-likeness (QED) is 0.885. The van der Waals surface area contributed by atoms with Crippen molar-refractivity contribution in [1.29, 1.82) is 0 Å². The molecule has 1 aromatic rings. The summed E-state index contributed by atoms with van der Waals surface area (Å²) < 4.78 is 5.17. The van der Waals surface area contributed by atoms with E-state index in [1.165, 1.54) is 0 Å². The minimum atomic E-state index is -0.0324. The molecule has 0 aromatic heterocycles. The Morgan fingerprint density at radius 2 is 2.20 bits per heavy atom. The molecule has 1 aliphatic rings. The van der Waals surface area contributed by atoms with E-state index < -0.39 is 0 Å². The molecule has 5 heteroatoms. The average molecular weight is 277 g/mol. The van der Waals surface area contributed by atoms with Crippen LogP contribution in [-0.2, 0) is 11.3 Å². The van der Waals surface area contributed by atoms with E-state index in [2.05, 4.69) is 5.32 Å². The fraction of sp³-hybridized carbons (Fsp3) is 0.533. The summed E-state index contributed by atoms with van der Waals surface area (Å²) in [5.74, 6) is 0.574. The smallest absolute Gasteiger partial charge is 0.321 e. The Labute approximate surface area is 120 Å². The van der Waals surface area contributed by atoms with E-state index in [-0.39, 0.29) is 6.03 Å². The minimum Gasteiger partial charge on any atom is -0.384 e. The first-order chi connectivity index (χ1) is 9.72. The topological polar surface area (TPSA) is 67.6 Å². The summed E-state index contributed by atoms with van der Waals surface area (Å²) in [6.07, 6.45) is 2.01. The average Bonchev–Trinajstić information content (AvgIpc) is 2.48. The van der Waals surface area contributed by atoms with Gasteiger partial charge in [0.1, 0.15) is 0 Å². The van der Waals surface area contributed by atoms with Crippen molar-refractivity contribution < 1.29 is 9.53 Å². The molecule has 0 aliphatic carbocycles. The Morgan fingerprint density at radius 1 is 1.45 bits per heavy atom. The van der Waals surface area contributed by atoms with E-state index in [9.17, 15) is 4.79 Å². The van der Waals surface area contributed by atoms with Crippen molar-refractivity contribution in [2.24, 2.45) is 11.7 Å². The van der Waals surface area contributed by atoms with Crippen molar-refractivity contribution in [3.05, 3.63) is 29.8 Å². The number of carbonyl (C=O) groups is 1. The van der Waals surface area contributed by atoms with Gasteiger partial charge in [-0.15, -0.1) is 0 Å². The maximum absolute atomic E-state index is 12.2. The third kappa shape index (κ3) is 3.95. The Kier molecular flexibility index (Phi) is 5.38. The van der Waals surface area contributed by atoms with Gasteiger partial charge in [-0.2, -0.15) is 0 Å². The van der Waals surface area contributed by atoms with Gasteiger partial charge in [0.05, 0.1) is 0 Å². The van der Waals surface area contributed by atoms with Gasteiger partial charge in [0.2, 0.25) is 0 Å². The molecule has 1 saturated heterocycles. The fourth-order valence-corrected chi connectivity index (χ4v) is 2.52. The maximum Gasteiger partial charge on any atom is 0.321 e. The normalized spacial score (nSPS) is 16.2. The second-order valence-corrected chi connectivity index (χ2v) is 5.22. The Balaban J connectivity index is 1.86. The molecule has 110 valence electrons. The molecule has 0 atom stereocenters. The van der Waals surface area contributed by atoms with Crippen molar-refractivity contribution >= 4 is 11.7 Å². The molecule has 0 radical (unpaired) electrons. The molecule has 5 nitrogen and oxygen atoms in total. The number of piperidine rings is 1. The highest BCUT2D eigenvalue weighted by atomic mass is 16.5. The van der Waals surface area contributed by atoms with Gasteiger partial charge in [-0.3, -0.25) is 0 Å². The van der Waals surface area contributed by atoms with Gasteiger partial charge >= 0.3 is 6.03 Å². The zero-order valence-corrected chi connectivity index (χ0v) is 12.0. The number of methoxy groups -OCH3 is 1. The number of hydrogen-bond donors (Lipinski definition) is 2. The zero-order chi connectivity index (χ0) is 14.4. The van der Waals surface area contributed by atoms with Crippen LogP contribution in [0.4, 0.5) is 10.5 Å². The second-order valence-electron chi connectivity index (χ2n) is 5.22. The van der Waals surface area contributed by atoms with Gasteiger partial charge in [-0.05, 0) is 36.5 Å². The van der Waals surface area contributed by atoms with Gasteiger partial charge in [-0.1, -0.05) is 12.1 Å². The number of amides is 2. The number of urea groups is 1. The highest BCUT2D eigenvalue weighted by Gasteiger charge is 2.22. The van der Waals surface area contributed by atoms with E-state index in [0.29, 0.717) is 12.5 Å². The van der Waals surface area contributed by atoms with Crippen LogP contribution in [0.5, 0.6) is 0 Å². The number of rotatable bonds is 4. The number of benzene rings is 1. The number of likely N-dealkylation sites (tertiary alicyclic amines) is 1. The van der Waals surface area contributed by atoms with Gasteiger partial charge in [0, 0.05) is 39.0 Å². The summed E-state index contributed by atoms with van der Waals surface area (Å²) in [7, 11) is 1.73. The van der Waals surface area contributed by atoms with Crippen LogP contribution in [-0.4, -0.2) is 37.7 Å². The Bertz CT molecular complexity index is 442. The first-order valence-electron chi connectivity index (χ1n) is 7.07. The molecule has 1 fully saturated rings. The monoisotopic (exact) mass is 277 g/mol. The van der Waals surface area contributed by atoms with Crippen LogP contribution < -0.4 is 11.1 Å². The number of hydrogen-bond acceptors (Lipinski definition) is 3. The van der Waals surface area contributed by atoms with E-state index in [4.69, 9.17) is 10.5 Å². The molecule has 1 aromatic carbocycles. The lowest BCUT2D eigenvalue weighted by Gasteiger charge is -2.31. The van der Waals surface area contributed by atoms with E-state index in [1.54, 1.807) is 7.11 Å². The van der Waals surface area contributed by atoms with Crippen LogP contribution in [0.3, 0.4) is 0 Å². The summed E-state index contributed by atoms with van der Waals surface area (Å²) in [5, 5.41) is 2.93. The molecule has 1 aliphatic heterocycles. The highest BCUT2D eigenvalue weighted by Crippen LogP contribution is 2.18. The molecule has 2 rings (SSSR count). The lowest BCUT2D eigenvalue weighted by atomic mass is 9.98. The van der Waals surface area contributed by atoms with Crippen molar-refractivity contribution in [2.75, 3.05) is 32.1 Å². The number of nitrogens with one attached hydrogen (secondary N) is 1. The molecule has 2 amide bonds. The molecule has 0 spiro atoms. The van der Waals surface area contributed by atoms with Crippen LogP contribution in [0.15, 0.2) is 24.3 Å². The number of ether oxygens (including phenoxy) is 1. The van der Waals surface area contributed by atoms with Crippen molar-refractivity contribution in [3.63, 3.8) is 0 Å². The first-order valence-corrected chi connectivity index (χ1v) is 7.07. The SMILES string of the molecule is COCC1CCN(C(=O)Nc2cccc(CN)c2)CC1. The molecule has 0 saturated carbocycles. The van der Waals surface area contributed by atoms with Crippen LogP contribution in [0, 0.1) is 5.92 Å². The summed E-state index contributed by atoms with van der Waals surface area (Å²) in [4.78, 5) is 14.0. The minimum absolute atomic E-state index is 0.0324. The van der Waals surface area contributed by atoms with Crippen LogP contribution in [0.25, 0.3) is 0 Å². The summed E-state index contributed by atoms with van der Waals surface area (Å²) in [5.41, 5.74) is 7.42. The first kappa shape index (κ1) is 14.8. The highest BCUT2D eigenvalue weighted by molar-refractivity contribution is 5.89. The summed E-state index contributed by atoms with van der Waals surface area (Å²) >= 11 is 0. The number of nitrogens with zero attached hydrogens (tertiary/aromatic N) is 1. The molecule has 3 N–H and O–H groups in total. The Hall–Kier alpha value is -1.59. The van der Waals surface area contributed by atoms with Crippen LogP contribution in [0.1, 0.15) is 18.4 Å². The second kappa shape index (κ2) is 7.26. The fourth-order valence-electron chi connectivity index (χ4n) is 2.52. The van der Waals surface area contributed by atoms with Crippen LogP contribution in [0.2, 0.25) is 0 Å². The lowest BCUT2D eigenvalue weighted by molar-refractivity contribution is 0.110. The molecule has 20 heavy (non-hydrogen) atoms. The van der Waals surface area contributed by atoms with E-state index in [0.717, 1.165) is 43.8 Å². The molecular formula is C15H23N3O2.